The third kappa shape index (κ3) is 4.07. The second-order valence-electron chi connectivity index (χ2n) is 4.25. The lowest BCUT2D eigenvalue weighted by atomic mass is 10.1. The zero-order chi connectivity index (χ0) is 12.8. The number of carbonyl (C=O) groups is 1. The molecule has 3 N–H and O–H groups in total. The van der Waals surface area contributed by atoms with Crippen molar-refractivity contribution in [2.75, 3.05) is 19.5 Å². The second kappa shape index (κ2) is 6.25. The minimum absolute atomic E-state index is 0.0724. The van der Waals surface area contributed by atoms with Gasteiger partial charge in [-0.1, -0.05) is 6.07 Å². The molecule has 0 bridgehead atoms. The van der Waals surface area contributed by atoms with Crippen LogP contribution in [0, 0.1) is 6.92 Å². The van der Waals surface area contributed by atoms with Crippen LogP contribution < -0.4 is 11.1 Å². The number of methoxy groups -OCH3 is 1. The SMILES string of the molecule is COCCC(C)NC(=O)c1ccc(C)cc1N. The highest BCUT2D eigenvalue weighted by molar-refractivity contribution is 5.99. The number of nitrogens with two attached hydrogens (primary N) is 1. The number of carbonyl (C=O) groups excluding carboxylic acids is 1. The third-order valence-corrected chi connectivity index (χ3v) is 2.58. The molecule has 1 aromatic rings. The monoisotopic (exact) mass is 236 g/mol. The first-order valence-corrected chi connectivity index (χ1v) is 5.70. The molecule has 0 heterocycles. The molecule has 1 atom stereocenters. The first-order chi connectivity index (χ1) is 8.04. The van der Waals surface area contributed by atoms with E-state index in [0.29, 0.717) is 17.9 Å². The maximum Gasteiger partial charge on any atom is 0.253 e. The van der Waals surface area contributed by atoms with E-state index < -0.39 is 0 Å². The number of benzene rings is 1. The Bertz CT molecular complexity index is 391. The molecule has 0 aromatic heterocycles. The number of nitrogens with one attached hydrogen (secondary N) is 1. The molecule has 0 aliphatic carbocycles. The highest BCUT2D eigenvalue weighted by atomic mass is 16.5. The number of ether oxygens (including phenoxy) is 1. The molecule has 1 unspecified atom stereocenters. The van der Waals surface area contributed by atoms with Crippen LogP contribution in [0.3, 0.4) is 0 Å². The Hall–Kier alpha value is -1.55. The largest absolute Gasteiger partial charge is 0.398 e. The number of rotatable bonds is 5. The van der Waals surface area contributed by atoms with Gasteiger partial charge in [0.25, 0.3) is 5.91 Å². The lowest BCUT2D eigenvalue weighted by Gasteiger charge is -2.14. The van der Waals surface area contributed by atoms with Crippen molar-refractivity contribution in [3.63, 3.8) is 0 Å². The summed E-state index contributed by atoms with van der Waals surface area (Å²) in [6.45, 7) is 4.52. The van der Waals surface area contributed by atoms with Crippen LogP contribution in [0.4, 0.5) is 5.69 Å². The number of amides is 1. The van der Waals surface area contributed by atoms with E-state index in [1.807, 2.05) is 19.9 Å². The predicted octanol–water partition coefficient (Wildman–Crippen LogP) is 1.73. The highest BCUT2D eigenvalue weighted by Gasteiger charge is 2.12. The normalized spacial score (nSPS) is 12.2. The van der Waals surface area contributed by atoms with E-state index in [1.165, 1.54) is 0 Å². The van der Waals surface area contributed by atoms with Gasteiger partial charge in [0.2, 0.25) is 0 Å². The predicted molar refractivity (Wildman–Crippen MR) is 69.0 cm³/mol. The van der Waals surface area contributed by atoms with Crippen LogP contribution in [0.5, 0.6) is 0 Å². The van der Waals surface area contributed by atoms with Crippen molar-refractivity contribution < 1.29 is 9.53 Å². The molecule has 0 radical (unpaired) electrons. The molecule has 0 spiro atoms. The fourth-order valence-electron chi connectivity index (χ4n) is 1.56. The second-order valence-corrected chi connectivity index (χ2v) is 4.25. The van der Waals surface area contributed by atoms with Crippen LogP contribution in [0.15, 0.2) is 18.2 Å². The van der Waals surface area contributed by atoms with Crippen LogP contribution in [0.2, 0.25) is 0 Å². The van der Waals surface area contributed by atoms with Crippen LogP contribution in [-0.4, -0.2) is 25.7 Å². The van der Waals surface area contributed by atoms with Gasteiger partial charge in [-0.25, -0.2) is 0 Å². The van der Waals surface area contributed by atoms with Gasteiger partial charge >= 0.3 is 0 Å². The molecule has 0 saturated carbocycles. The molecule has 1 rings (SSSR count). The van der Waals surface area contributed by atoms with Crippen molar-refractivity contribution in [2.24, 2.45) is 0 Å². The molecule has 0 saturated heterocycles. The van der Waals surface area contributed by atoms with Gasteiger partial charge in [0, 0.05) is 25.4 Å². The summed E-state index contributed by atoms with van der Waals surface area (Å²) < 4.78 is 4.96. The number of aryl methyl sites for hydroxylation is 1. The fraction of sp³-hybridized carbons (Fsp3) is 0.462. The van der Waals surface area contributed by atoms with E-state index >= 15 is 0 Å². The van der Waals surface area contributed by atoms with Gasteiger partial charge in [0.05, 0.1) is 5.56 Å². The number of hydrogen-bond acceptors (Lipinski definition) is 3. The molecule has 94 valence electrons. The average Bonchev–Trinajstić information content (AvgIpc) is 2.26. The standard InChI is InChI=1S/C13H20N2O2/c1-9-4-5-11(12(14)8-9)13(16)15-10(2)6-7-17-3/h4-5,8,10H,6-7,14H2,1-3H3,(H,15,16). The van der Waals surface area contributed by atoms with E-state index in [4.69, 9.17) is 10.5 Å². The van der Waals surface area contributed by atoms with Crippen molar-refractivity contribution in [1.82, 2.24) is 5.32 Å². The summed E-state index contributed by atoms with van der Waals surface area (Å²) in [6.07, 6.45) is 0.786. The number of anilines is 1. The molecular formula is C13H20N2O2. The van der Waals surface area contributed by atoms with E-state index in [-0.39, 0.29) is 11.9 Å². The zero-order valence-electron chi connectivity index (χ0n) is 10.6. The van der Waals surface area contributed by atoms with Gasteiger partial charge in [-0.05, 0) is 38.0 Å². The van der Waals surface area contributed by atoms with Crippen LogP contribution in [0.25, 0.3) is 0 Å². The topological polar surface area (TPSA) is 64.3 Å². The van der Waals surface area contributed by atoms with Crippen molar-refractivity contribution in [3.8, 4) is 0 Å². The molecular weight excluding hydrogens is 216 g/mol. The molecule has 1 amide bonds. The lowest BCUT2D eigenvalue weighted by molar-refractivity contribution is 0.0930. The Labute approximate surface area is 102 Å². The highest BCUT2D eigenvalue weighted by Crippen LogP contribution is 2.13. The summed E-state index contributed by atoms with van der Waals surface area (Å²) in [5.41, 5.74) is 7.90. The molecule has 4 heteroatoms. The molecule has 1 aromatic carbocycles. The zero-order valence-corrected chi connectivity index (χ0v) is 10.6. The summed E-state index contributed by atoms with van der Waals surface area (Å²) >= 11 is 0. The van der Waals surface area contributed by atoms with E-state index in [0.717, 1.165) is 12.0 Å². The first-order valence-electron chi connectivity index (χ1n) is 5.70. The van der Waals surface area contributed by atoms with Crippen molar-refractivity contribution >= 4 is 11.6 Å². The molecule has 0 aliphatic heterocycles. The smallest absolute Gasteiger partial charge is 0.253 e. The fourth-order valence-corrected chi connectivity index (χ4v) is 1.56. The van der Waals surface area contributed by atoms with E-state index in [2.05, 4.69) is 5.32 Å². The quantitative estimate of drug-likeness (QED) is 0.765. The Morgan fingerprint density at radius 3 is 2.82 bits per heavy atom. The minimum Gasteiger partial charge on any atom is -0.398 e. The molecule has 17 heavy (non-hydrogen) atoms. The Kier molecular flexibility index (Phi) is 4.97. The lowest BCUT2D eigenvalue weighted by Crippen LogP contribution is -2.33. The summed E-state index contributed by atoms with van der Waals surface area (Å²) in [6, 6.07) is 5.51. The van der Waals surface area contributed by atoms with Crippen LogP contribution in [-0.2, 0) is 4.74 Å². The Balaban J connectivity index is 2.63. The molecule has 4 nitrogen and oxygen atoms in total. The molecule has 0 aliphatic rings. The van der Waals surface area contributed by atoms with Gasteiger partial charge in [0.1, 0.15) is 0 Å². The minimum atomic E-state index is -0.133. The Morgan fingerprint density at radius 1 is 1.53 bits per heavy atom. The average molecular weight is 236 g/mol. The van der Waals surface area contributed by atoms with Gasteiger partial charge in [-0.3, -0.25) is 4.79 Å². The Morgan fingerprint density at radius 2 is 2.24 bits per heavy atom. The van der Waals surface area contributed by atoms with Crippen molar-refractivity contribution in [1.29, 1.82) is 0 Å². The van der Waals surface area contributed by atoms with Crippen molar-refractivity contribution in [2.45, 2.75) is 26.3 Å². The van der Waals surface area contributed by atoms with E-state index in [1.54, 1.807) is 19.2 Å². The van der Waals surface area contributed by atoms with Gasteiger partial charge in [-0.2, -0.15) is 0 Å². The molecule has 0 fully saturated rings. The van der Waals surface area contributed by atoms with E-state index in [9.17, 15) is 4.79 Å². The van der Waals surface area contributed by atoms with Crippen LogP contribution in [0.1, 0.15) is 29.3 Å². The first kappa shape index (κ1) is 13.5. The van der Waals surface area contributed by atoms with Gasteiger partial charge in [-0.15, -0.1) is 0 Å². The maximum absolute atomic E-state index is 11.9. The number of nitrogen functional groups attached to an aromatic ring is 1. The van der Waals surface area contributed by atoms with Gasteiger partial charge in [0.15, 0.2) is 0 Å². The summed E-state index contributed by atoms with van der Waals surface area (Å²) in [4.78, 5) is 11.9. The van der Waals surface area contributed by atoms with Crippen LogP contribution >= 0.6 is 0 Å². The maximum atomic E-state index is 11.9. The summed E-state index contributed by atoms with van der Waals surface area (Å²) in [5.74, 6) is -0.133. The third-order valence-electron chi connectivity index (χ3n) is 2.58. The van der Waals surface area contributed by atoms with Crippen molar-refractivity contribution in [3.05, 3.63) is 29.3 Å². The number of hydrogen-bond donors (Lipinski definition) is 2. The summed E-state index contributed by atoms with van der Waals surface area (Å²) in [7, 11) is 1.65. The summed E-state index contributed by atoms with van der Waals surface area (Å²) in [5, 5.41) is 2.89. The van der Waals surface area contributed by atoms with Gasteiger partial charge < -0.3 is 15.8 Å².